The second-order valence-corrected chi connectivity index (χ2v) is 7.29. The lowest BCUT2D eigenvalue weighted by molar-refractivity contribution is -0.212. The van der Waals surface area contributed by atoms with Crippen LogP contribution in [-0.2, 0) is 9.53 Å². The summed E-state index contributed by atoms with van der Waals surface area (Å²) < 4.78 is 5.59. The molecule has 19 heavy (non-hydrogen) atoms. The largest absolute Gasteiger partial charge is 0.461 e. The molecule has 0 bridgehead atoms. The highest BCUT2D eigenvalue weighted by molar-refractivity contribution is 5.75. The molecule has 0 radical (unpaired) electrons. The van der Waals surface area contributed by atoms with Gasteiger partial charge in [0.25, 0.3) is 0 Å². The number of esters is 1. The Morgan fingerprint density at radius 1 is 1.26 bits per heavy atom. The van der Waals surface area contributed by atoms with Gasteiger partial charge in [-0.2, -0.15) is 0 Å². The first kappa shape index (κ1) is 13.4. The van der Waals surface area contributed by atoms with E-state index in [4.69, 9.17) is 4.74 Å². The van der Waals surface area contributed by atoms with E-state index in [1.54, 1.807) is 0 Å². The van der Waals surface area contributed by atoms with E-state index in [1.165, 1.54) is 0 Å². The number of aliphatic hydroxyl groups excluding tert-OH is 1. The Labute approximate surface area is 114 Å². The van der Waals surface area contributed by atoms with E-state index in [0.717, 1.165) is 12.8 Å². The van der Waals surface area contributed by atoms with E-state index in [9.17, 15) is 15.0 Å². The number of hydrogen-bond acceptors (Lipinski definition) is 4. The third-order valence-electron chi connectivity index (χ3n) is 6.10. The second kappa shape index (κ2) is 3.95. The van der Waals surface area contributed by atoms with Crippen molar-refractivity contribution in [3.05, 3.63) is 0 Å². The molecule has 4 heteroatoms. The number of carbonyl (C=O) groups is 1. The first-order valence-electron chi connectivity index (χ1n) is 7.38. The predicted molar refractivity (Wildman–Crippen MR) is 69.2 cm³/mol. The Bertz CT molecular complexity index is 405. The highest BCUT2D eigenvalue weighted by Gasteiger charge is 2.63. The van der Waals surface area contributed by atoms with Crippen LogP contribution in [0, 0.1) is 23.2 Å². The van der Waals surface area contributed by atoms with Crippen LogP contribution >= 0.6 is 0 Å². The van der Waals surface area contributed by atoms with E-state index in [1.807, 2.05) is 20.8 Å². The molecule has 3 rings (SSSR count). The summed E-state index contributed by atoms with van der Waals surface area (Å²) in [5, 5.41) is 21.2. The van der Waals surface area contributed by atoms with Crippen LogP contribution in [0.1, 0.15) is 46.5 Å². The summed E-state index contributed by atoms with van der Waals surface area (Å²) in [6.45, 7) is 5.80. The van der Waals surface area contributed by atoms with E-state index < -0.39 is 11.7 Å². The topological polar surface area (TPSA) is 66.8 Å². The van der Waals surface area contributed by atoms with Crippen molar-refractivity contribution in [3.63, 3.8) is 0 Å². The third kappa shape index (κ3) is 1.69. The summed E-state index contributed by atoms with van der Waals surface area (Å²) in [5.41, 5.74) is -1.20. The van der Waals surface area contributed by atoms with Crippen LogP contribution in [0.4, 0.5) is 0 Å². The molecule has 0 spiro atoms. The molecule has 7 atom stereocenters. The summed E-state index contributed by atoms with van der Waals surface area (Å²) in [6.07, 6.45) is 2.32. The van der Waals surface area contributed by atoms with Gasteiger partial charge in [-0.05, 0) is 32.6 Å². The number of hydrogen-bond donors (Lipinski definition) is 2. The summed E-state index contributed by atoms with van der Waals surface area (Å²) in [7, 11) is 0. The standard InChI is InChI=1S/C15H24O4/c1-8-9-4-6-14(2)10(16)5-7-15(3,18)12(14)11(9)19-13(8)17/h8-12,16,18H,4-7H2,1-3H3/t8-,9-,10+,11+,12+,14-,15+/m0/s1. The van der Waals surface area contributed by atoms with E-state index in [0.29, 0.717) is 12.8 Å². The molecule has 0 amide bonds. The van der Waals surface area contributed by atoms with Gasteiger partial charge in [-0.1, -0.05) is 13.8 Å². The Morgan fingerprint density at radius 3 is 2.63 bits per heavy atom. The molecule has 2 N–H and O–H groups in total. The fourth-order valence-corrected chi connectivity index (χ4v) is 4.88. The van der Waals surface area contributed by atoms with Gasteiger partial charge in [-0.25, -0.2) is 0 Å². The first-order valence-corrected chi connectivity index (χ1v) is 7.38. The molecule has 3 aliphatic rings. The summed E-state index contributed by atoms with van der Waals surface area (Å²) in [5.74, 6) is -0.182. The minimum atomic E-state index is -0.859. The maximum absolute atomic E-state index is 11.8. The van der Waals surface area contributed by atoms with Crippen molar-refractivity contribution in [2.24, 2.45) is 23.2 Å². The lowest BCUT2D eigenvalue weighted by Crippen LogP contribution is -2.62. The van der Waals surface area contributed by atoms with Gasteiger partial charge < -0.3 is 14.9 Å². The van der Waals surface area contributed by atoms with Crippen molar-refractivity contribution >= 4 is 5.97 Å². The van der Waals surface area contributed by atoms with Crippen molar-refractivity contribution in [2.45, 2.75) is 64.3 Å². The summed E-state index contributed by atoms with van der Waals surface area (Å²) in [4.78, 5) is 11.8. The van der Waals surface area contributed by atoms with Crippen molar-refractivity contribution in [1.29, 1.82) is 0 Å². The monoisotopic (exact) mass is 268 g/mol. The molecule has 1 saturated heterocycles. The van der Waals surface area contributed by atoms with Gasteiger partial charge in [0.05, 0.1) is 17.6 Å². The number of fused-ring (bicyclic) bond motifs is 3. The Morgan fingerprint density at radius 2 is 1.95 bits per heavy atom. The normalized spacial score (nSPS) is 57.3. The minimum absolute atomic E-state index is 0.0792. The van der Waals surface area contributed by atoms with Gasteiger partial charge in [-0.15, -0.1) is 0 Å². The van der Waals surface area contributed by atoms with Gasteiger partial charge in [0, 0.05) is 17.3 Å². The first-order chi connectivity index (χ1) is 8.77. The molecule has 0 aromatic heterocycles. The molecular formula is C15H24O4. The van der Waals surface area contributed by atoms with Crippen LogP contribution < -0.4 is 0 Å². The highest BCUT2D eigenvalue weighted by atomic mass is 16.6. The Balaban J connectivity index is 2.01. The molecular weight excluding hydrogens is 244 g/mol. The van der Waals surface area contributed by atoms with Crippen LogP contribution in [-0.4, -0.2) is 34.0 Å². The molecule has 2 aliphatic carbocycles. The molecule has 108 valence electrons. The fraction of sp³-hybridized carbons (Fsp3) is 0.933. The van der Waals surface area contributed by atoms with Crippen LogP contribution in [0.3, 0.4) is 0 Å². The number of ether oxygens (including phenoxy) is 1. The van der Waals surface area contributed by atoms with E-state index in [-0.39, 0.29) is 35.2 Å². The maximum atomic E-state index is 11.8. The average Bonchev–Trinajstić information content (AvgIpc) is 2.60. The minimum Gasteiger partial charge on any atom is -0.461 e. The van der Waals surface area contributed by atoms with Gasteiger partial charge >= 0.3 is 5.97 Å². The van der Waals surface area contributed by atoms with Crippen LogP contribution in [0.5, 0.6) is 0 Å². The number of carbonyl (C=O) groups excluding carboxylic acids is 1. The van der Waals surface area contributed by atoms with Gasteiger partial charge in [0.2, 0.25) is 0 Å². The summed E-state index contributed by atoms with van der Waals surface area (Å²) >= 11 is 0. The van der Waals surface area contributed by atoms with Gasteiger partial charge in [0.1, 0.15) is 6.10 Å². The highest BCUT2D eigenvalue weighted by Crippen LogP contribution is 2.58. The van der Waals surface area contributed by atoms with Crippen molar-refractivity contribution in [3.8, 4) is 0 Å². The quantitative estimate of drug-likeness (QED) is 0.653. The van der Waals surface area contributed by atoms with Crippen LogP contribution in [0.2, 0.25) is 0 Å². The number of rotatable bonds is 0. The Hall–Kier alpha value is -0.610. The molecule has 4 nitrogen and oxygen atoms in total. The average molecular weight is 268 g/mol. The van der Waals surface area contributed by atoms with Gasteiger partial charge in [0.15, 0.2) is 0 Å². The third-order valence-corrected chi connectivity index (χ3v) is 6.10. The molecule has 1 aliphatic heterocycles. The van der Waals surface area contributed by atoms with Crippen molar-refractivity contribution in [1.82, 2.24) is 0 Å². The molecule has 0 aromatic carbocycles. The lowest BCUT2D eigenvalue weighted by atomic mass is 9.51. The SMILES string of the molecule is C[C@@H]1C(=O)O[C@@H]2[C@H]1CC[C@@]1(C)[C@H](O)CC[C@@](C)(O)[C@H]21. The van der Waals surface area contributed by atoms with E-state index >= 15 is 0 Å². The number of aliphatic hydroxyl groups is 2. The zero-order valence-electron chi connectivity index (χ0n) is 11.9. The second-order valence-electron chi connectivity index (χ2n) is 7.29. The zero-order chi connectivity index (χ0) is 14.0. The van der Waals surface area contributed by atoms with Crippen molar-refractivity contribution < 1.29 is 19.7 Å². The molecule has 2 saturated carbocycles. The summed E-state index contributed by atoms with van der Waals surface area (Å²) in [6, 6.07) is 0. The molecule has 0 aromatic rings. The fourth-order valence-electron chi connectivity index (χ4n) is 4.88. The smallest absolute Gasteiger partial charge is 0.309 e. The molecule has 3 fully saturated rings. The lowest BCUT2D eigenvalue weighted by Gasteiger charge is -2.57. The molecule has 0 unspecified atom stereocenters. The van der Waals surface area contributed by atoms with E-state index in [2.05, 4.69) is 0 Å². The van der Waals surface area contributed by atoms with Crippen LogP contribution in [0.15, 0.2) is 0 Å². The Kier molecular flexibility index (Phi) is 2.78. The van der Waals surface area contributed by atoms with Crippen LogP contribution in [0.25, 0.3) is 0 Å². The zero-order valence-corrected chi connectivity index (χ0v) is 11.9. The maximum Gasteiger partial charge on any atom is 0.309 e. The predicted octanol–water partition coefficient (Wildman–Crippen LogP) is 1.49. The van der Waals surface area contributed by atoms with Crippen molar-refractivity contribution in [2.75, 3.05) is 0 Å². The molecule has 1 heterocycles. The van der Waals surface area contributed by atoms with Gasteiger partial charge in [-0.3, -0.25) is 4.79 Å².